The second-order valence-electron chi connectivity index (χ2n) is 4.94. The normalized spacial score (nSPS) is 10.7. The Kier molecular flexibility index (Phi) is 9.93. The number of benzene rings is 2. The van der Waals surface area contributed by atoms with Gasteiger partial charge in [-0.1, -0.05) is 30.3 Å². The number of non-ortho nitro benzene ring substituents is 1. The van der Waals surface area contributed by atoms with Gasteiger partial charge in [0.2, 0.25) is 0 Å². The molecular formula is C17H21IN4O2S. The Morgan fingerprint density at radius 2 is 1.92 bits per heavy atom. The van der Waals surface area contributed by atoms with Crippen LogP contribution in [0.25, 0.3) is 0 Å². The first-order valence-electron chi connectivity index (χ1n) is 7.55. The highest BCUT2D eigenvalue weighted by Crippen LogP contribution is 2.15. The highest BCUT2D eigenvalue weighted by molar-refractivity contribution is 14.0. The van der Waals surface area contributed by atoms with Gasteiger partial charge < -0.3 is 10.6 Å². The molecule has 0 aliphatic heterocycles. The van der Waals surface area contributed by atoms with E-state index in [2.05, 4.69) is 27.8 Å². The van der Waals surface area contributed by atoms with Crippen LogP contribution in [-0.4, -0.2) is 30.2 Å². The van der Waals surface area contributed by atoms with Crippen molar-refractivity contribution < 1.29 is 4.92 Å². The molecule has 0 heterocycles. The number of hydrogen-bond acceptors (Lipinski definition) is 4. The molecule has 0 aliphatic carbocycles. The van der Waals surface area contributed by atoms with Gasteiger partial charge in [-0.15, -0.1) is 35.7 Å². The average molecular weight is 472 g/mol. The molecule has 0 atom stereocenters. The standard InChI is InChI=1S/C17H20N4O2S.HI/c1-18-17(19-10-11-24-16-8-3-2-4-9-16)20-13-14-6-5-7-15(12-14)21(22)23;/h2-9,12H,10-11,13H2,1H3,(H2,18,19,20);1H. The Balaban J connectivity index is 0.00000312. The van der Waals surface area contributed by atoms with Gasteiger partial charge in [0.1, 0.15) is 0 Å². The summed E-state index contributed by atoms with van der Waals surface area (Å²) < 4.78 is 0. The molecule has 6 nitrogen and oxygen atoms in total. The van der Waals surface area contributed by atoms with E-state index >= 15 is 0 Å². The number of nitro benzene ring substituents is 1. The molecule has 2 aromatic carbocycles. The minimum Gasteiger partial charge on any atom is -0.356 e. The van der Waals surface area contributed by atoms with E-state index in [9.17, 15) is 10.1 Å². The third kappa shape index (κ3) is 7.74. The summed E-state index contributed by atoms with van der Waals surface area (Å²) in [4.78, 5) is 15.8. The molecule has 0 fully saturated rings. The van der Waals surface area contributed by atoms with E-state index < -0.39 is 4.92 Å². The van der Waals surface area contributed by atoms with E-state index in [1.54, 1.807) is 30.9 Å². The predicted molar refractivity (Wildman–Crippen MR) is 114 cm³/mol. The molecule has 0 saturated heterocycles. The maximum atomic E-state index is 10.8. The molecule has 0 aromatic heterocycles. The van der Waals surface area contributed by atoms with Gasteiger partial charge in [0, 0.05) is 42.9 Å². The van der Waals surface area contributed by atoms with Crippen molar-refractivity contribution in [2.75, 3.05) is 19.3 Å². The minimum absolute atomic E-state index is 0. The number of nitrogens with zero attached hydrogens (tertiary/aromatic N) is 2. The monoisotopic (exact) mass is 472 g/mol. The average Bonchev–Trinajstić information content (AvgIpc) is 2.62. The van der Waals surface area contributed by atoms with E-state index in [4.69, 9.17) is 0 Å². The molecule has 0 saturated carbocycles. The number of thioether (sulfide) groups is 1. The lowest BCUT2D eigenvalue weighted by Gasteiger charge is -2.11. The van der Waals surface area contributed by atoms with Crippen LogP contribution in [0.5, 0.6) is 0 Å². The number of hydrogen-bond donors (Lipinski definition) is 2. The summed E-state index contributed by atoms with van der Waals surface area (Å²) in [6, 6.07) is 16.8. The molecule has 25 heavy (non-hydrogen) atoms. The molecule has 2 N–H and O–H groups in total. The Bertz CT molecular complexity index is 698. The van der Waals surface area contributed by atoms with Crippen LogP contribution in [0.15, 0.2) is 64.5 Å². The fraction of sp³-hybridized carbons (Fsp3) is 0.235. The van der Waals surface area contributed by atoms with Gasteiger partial charge in [0.15, 0.2) is 5.96 Å². The van der Waals surface area contributed by atoms with Crippen LogP contribution in [0, 0.1) is 10.1 Å². The molecule has 0 radical (unpaired) electrons. The van der Waals surface area contributed by atoms with Crippen LogP contribution in [0.2, 0.25) is 0 Å². The first-order chi connectivity index (χ1) is 11.7. The molecule has 0 spiro atoms. The van der Waals surface area contributed by atoms with Crippen LogP contribution in [-0.2, 0) is 6.54 Å². The van der Waals surface area contributed by atoms with Crippen molar-refractivity contribution in [2.24, 2.45) is 4.99 Å². The lowest BCUT2D eigenvalue weighted by Crippen LogP contribution is -2.37. The van der Waals surface area contributed by atoms with Crippen molar-refractivity contribution in [1.29, 1.82) is 0 Å². The highest BCUT2D eigenvalue weighted by Gasteiger charge is 2.06. The van der Waals surface area contributed by atoms with Crippen LogP contribution < -0.4 is 10.6 Å². The SMILES string of the molecule is CN=C(NCCSc1ccccc1)NCc1cccc([N+](=O)[O-])c1.I. The predicted octanol–water partition coefficient (Wildman–Crippen LogP) is 3.67. The van der Waals surface area contributed by atoms with Crippen molar-refractivity contribution in [3.63, 3.8) is 0 Å². The summed E-state index contributed by atoms with van der Waals surface area (Å²) in [6.45, 7) is 1.25. The van der Waals surface area contributed by atoms with Crippen molar-refractivity contribution in [2.45, 2.75) is 11.4 Å². The van der Waals surface area contributed by atoms with E-state index in [-0.39, 0.29) is 29.7 Å². The van der Waals surface area contributed by atoms with Gasteiger partial charge >= 0.3 is 0 Å². The van der Waals surface area contributed by atoms with E-state index in [0.717, 1.165) is 17.9 Å². The van der Waals surface area contributed by atoms with Gasteiger partial charge in [-0.05, 0) is 17.7 Å². The molecule has 2 rings (SSSR count). The smallest absolute Gasteiger partial charge is 0.269 e. The zero-order valence-corrected chi connectivity index (χ0v) is 17.0. The van der Waals surface area contributed by atoms with Gasteiger partial charge in [0.05, 0.1) is 4.92 Å². The Labute approximate surface area is 168 Å². The van der Waals surface area contributed by atoms with Crippen LogP contribution in [0.4, 0.5) is 5.69 Å². The summed E-state index contributed by atoms with van der Waals surface area (Å²) in [6.07, 6.45) is 0. The summed E-state index contributed by atoms with van der Waals surface area (Å²) in [7, 11) is 1.70. The molecule has 134 valence electrons. The Morgan fingerprint density at radius 1 is 1.16 bits per heavy atom. The van der Waals surface area contributed by atoms with Crippen LogP contribution in [0.1, 0.15) is 5.56 Å². The number of aliphatic imine (C=N–C) groups is 1. The molecule has 0 amide bonds. The van der Waals surface area contributed by atoms with Crippen LogP contribution in [0.3, 0.4) is 0 Å². The van der Waals surface area contributed by atoms with Gasteiger partial charge in [-0.25, -0.2) is 0 Å². The molecule has 0 unspecified atom stereocenters. The van der Waals surface area contributed by atoms with Gasteiger partial charge in [-0.2, -0.15) is 0 Å². The van der Waals surface area contributed by atoms with Gasteiger partial charge in [-0.3, -0.25) is 15.1 Å². The molecule has 0 aliphatic rings. The molecule has 8 heteroatoms. The quantitative estimate of drug-likeness (QED) is 0.122. The summed E-state index contributed by atoms with van der Waals surface area (Å²) >= 11 is 1.77. The number of guanidine groups is 1. The fourth-order valence-electron chi connectivity index (χ4n) is 2.04. The second-order valence-corrected chi connectivity index (χ2v) is 6.11. The number of nitrogens with one attached hydrogen (secondary N) is 2. The zero-order chi connectivity index (χ0) is 17.2. The molecule has 2 aromatic rings. The minimum atomic E-state index is -0.391. The van der Waals surface area contributed by atoms with Crippen molar-refractivity contribution in [3.8, 4) is 0 Å². The fourth-order valence-corrected chi connectivity index (χ4v) is 2.83. The van der Waals surface area contributed by atoms with E-state index in [1.165, 1.54) is 11.0 Å². The number of rotatable bonds is 7. The maximum Gasteiger partial charge on any atom is 0.269 e. The second kappa shape index (κ2) is 11.7. The Morgan fingerprint density at radius 3 is 2.60 bits per heavy atom. The van der Waals surface area contributed by atoms with Crippen molar-refractivity contribution >= 4 is 47.4 Å². The molecule has 0 bridgehead atoms. The third-order valence-electron chi connectivity index (χ3n) is 3.21. The zero-order valence-electron chi connectivity index (χ0n) is 13.8. The summed E-state index contributed by atoms with van der Waals surface area (Å²) in [5, 5.41) is 17.2. The van der Waals surface area contributed by atoms with Crippen molar-refractivity contribution in [3.05, 3.63) is 70.3 Å². The Hall–Kier alpha value is -1.81. The topological polar surface area (TPSA) is 79.6 Å². The van der Waals surface area contributed by atoms with E-state index in [0.29, 0.717) is 12.5 Å². The molecular weight excluding hydrogens is 451 g/mol. The lowest BCUT2D eigenvalue weighted by molar-refractivity contribution is -0.384. The van der Waals surface area contributed by atoms with E-state index in [1.807, 2.05) is 24.3 Å². The number of nitro groups is 1. The largest absolute Gasteiger partial charge is 0.356 e. The van der Waals surface area contributed by atoms with Gasteiger partial charge in [0.25, 0.3) is 5.69 Å². The first-order valence-corrected chi connectivity index (χ1v) is 8.53. The summed E-state index contributed by atoms with van der Waals surface area (Å²) in [5.74, 6) is 1.59. The van der Waals surface area contributed by atoms with Crippen molar-refractivity contribution in [1.82, 2.24) is 10.6 Å². The summed E-state index contributed by atoms with van der Waals surface area (Å²) in [5.41, 5.74) is 0.933. The third-order valence-corrected chi connectivity index (χ3v) is 4.23. The number of halogens is 1. The highest BCUT2D eigenvalue weighted by atomic mass is 127. The van der Waals surface area contributed by atoms with Crippen LogP contribution >= 0.6 is 35.7 Å². The lowest BCUT2D eigenvalue weighted by atomic mass is 10.2. The maximum absolute atomic E-state index is 10.8. The first kappa shape index (κ1) is 21.2.